The summed E-state index contributed by atoms with van der Waals surface area (Å²) >= 11 is 0. The minimum Gasteiger partial charge on any atom is -0.478 e. The van der Waals surface area contributed by atoms with Gasteiger partial charge in [0.1, 0.15) is 0 Å². The molecule has 1 aromatic carbocycles. The second-order valence-corrected chi connectivity index (χ2v) is 3.43. The number of carbonyl (C=O) groups is 1. The molecule has 0 atom stereocenters. The van der Waals surface area contributed by atoms with Crippen LogP contribution in [-0.4, -0.2) is 24.2 Å². The van der Waals surface area contributed by atoms with Crippen LogP contribution >= 0.6 is 0 Å². The average molecular weight is 207 g/mol. The van der Waals surface area contributed by atoms with Gasteiger partial charge in [-0.1, -0.05) is 6.07 Å². The van der Waals surface area contributed by atoms with Crippen molar-refractivity contribution >= 4 is 11.7 Å². The van der Waals surface area contributed by atoms with Crippen molar-refractivity contribution in [3.8, 4) is 0 Å². The zero-order valence-electron chi connectivity index (χ0n) is 9.45. The van der Waals surface area contributed by atoms with E-state index in [1.807, 2.05) is 13.0 Å². The Kier molecular flexibility index (Phi) is 3.72. The first kappa shape index (κ1) is 11.6. The van der Waals surface area contributed by atoms with Gasteiger partial charge in [0.25, 0.3) is 0 Å². The van der Waals surface area contributed by atoms with Gasteiger partial charge in [0.05, 0.1) is 5.56 Å². The number of nitrogens with zero attached hydrogens (tertiary/aromatic N) is 1. The van der Waals surface area contributed by atoms with E-state index in [1.165, 1.54) is 0 Å². The van der Waals surface area contributed by atoms with Crippen molar-refractivity contribution in [1.29, 1.82) is 0 Å². The van der Waals surface area contributed by atoms with Gasteiger partial charge < -0.3 is 10.0 Å². The van der Waals surface area contributed by atoms with E-state index in [0.29, 0.717) is 5.56 Å². The summed E-state index contributed by atoms with van der Waals surface area (Å²) in [6.07, 6.45) is 0. The van der Waals surface area contributed by atoms with E-state index in [4.69, 9.17) is 5.11 Å². The molecule has 0 saturated heterocycles. The van der Waals surface area contributed by atoms with Gasteiger partial charge in [-0.3, -0.25) is 0 Å². The molecule has 0 amide bonds. The lowest BCUT2D eigenvalue weighted by Gasteiger charge is -2.23. The maximum Gasteiger partial charge on any atom is 0.336 e. The number of carboxylic acid groups (broad SMARTS) is 1. The van der Waals surface area contributed by atoms with Gasteiger partial charge in [0.15, 0.2) is 0 Å². The van der Waals surface area contributed by atoms with Gasteiger partial charge in [0.2, 0.25) is 0 Å². The molecule has 1 N–H and O–H groups in total. The van der Waals surface area contributed by atoms with Gasteiger partial charge >= 0.3 is 5.97 Å². The number of aromatic carboxylic acids is 1. The normalized spacial score (nSPS) is 10.1. The van der Waals surface area contributed by atoms with Crippen LogP contribution < -0.4 is 4.90 Å². The Morgan fingerprint density at radius 3 is 2.40 bits per heavy atom. The van der Waals surface area contributed by atoms with Crippen LogP contribution in [0.3, 0.4) is 0 Å². The molecular formula is C12H17NO2. The van der Waals surface area contributed by atoms with E-state index >= 15 is 0 Å². The third-order valence-electron chi connectivity index (χ3n) is 2.64. The molecule has 0 spiro atoms. The first-order chi connectivity index (χ1) is 7.11. The van der Waals surface area contributed by atoms with Gasteiger partial charge in [-0.05, 0) is 38.5 Å². The molecule has 0 unspecified atom stereocenters. The molecule has 1 aromatic rings. The van der Waals surface area contributed by atoms with E-state index in [1.54, 1.807) is 12.1 Å². The summed E-state index contributed by atoms with van der Waals surface area (Å²) in [7, 11) is 0. The van der Waals surface area contributed by atoms with Crippen LogP contribution in [0.15, 0.2) is 18.2 Å². The first-order valence-corrected chi connectivity index (χ1v) is 5.19. The Morgan fingerprint density at radius 2 is 1.93 bits per heavy atom. The maximum absolute atomic E-state index is 11.0. The highest BCUT2D eigenvalue weighted by molar-refractivity contribution is 5.91. The molecule has 0 heterocycles. The minimum absolute atomic E-state index is 0.388. The first-order valence-electron chi connectivity index (χ1n) is 5.19. The molecule has 3 nitrogen and oxygen atoms in total. The summed E-state index contributed by atoms with van der Waals surface area (Å²) < 4.78 is 0. The van der Waals surface area contributed by atoms with Crippen LogP contribution in [0.1, 0.15) is 29.8 Å². The third kappa shape index (κ3) is 2.29. The second kappa shape index (κ2) is 4.82. The van der Waals surface area contributed by atoms with Crippen molar-refractivity contribution in [3.63, 3.8) is 0 Å². The molecule has 3 heteroatoms. The van der Waals surface area contributed by atoms with Crippen LogP contribution in [0.25, 0.3) is 0 Å². The SMILES string of the molecule is CCN(CC)c1cccc(C(=O)O)c1C. The molecule has 0 bridgehead atoms. The summed E-state index contributed by atoms with van der Waals surface area (Å²) in [6, 6.07) is 5.41. The van der Waals surface area contributed by atoms with Crippen molar-refractivity contribution < 1.29 is 9.90 Å². The third-order valence-corrected chi connectivity index (χ3v) is 2.64. The fourth-order valence-corrected chi connectivity index (χ4v) is 1.76. The van der Waals surface area contributed by atoms with Crippen molar-refractivity contribution in [2.24, 2.45) is 0 Å². The average Bonchev–Trinajstić information content (AvgIpc) is 2.21. The van der Waals surface area contributed by atoms with E-state index in [0.717, 1.165) is 24.3 Å². The lowest BCUT2D eigenvalue weighted by Crippen LogP contribution is -2.23. The second-order valence-electron chi connectivity index (χ2n) is 3.43. The lowest BCUT2D eigenvalue weighted by atomic mass is 10.1. The predicted octanol–water partition coefficient (Wildman–Crippen LogP) is 2.54. The van der Waals surface area contributed by atoms with Crippen LogP contribution in [0.5, 0.6) is 0 Å². The van der Waals surface area contributed by atoms with Crippen molar-refractivity contribution in [2.45, 2.75) is 20.8 Å². The monoisotopic (exact) mass is 207 g/mol. The van der Waals surface area contributed by atoms with Gasteiger partial charge in [0, 0.05) is 18.8 Å². The lowest BCUT2D eigenvalue weighted by molar-refractivity contribution is 0.0696. The number of hydrogen-bond acceptors (Lipinski definition) is 2. The molecule has 0 radical (unpaired) electrons. The summed E-state index contributed by atoms with van der Waals surface area (Å²) in [4.78, 5) is 13.1. The minimum atomic E-state index is -0.860. The molecule has 0 aromatic heterocycles. The molecule has 15 heavy (non-hydrogen) atoms. The number of carboxylic acids is 1. The topological polar surface area (TPSA) is 40.5 Å². The number of anilines is 1. The predicted molar refractivity (Wildman–Crippen MR) is 61.7 cm³/mol. The molecule has 0 fully saturated rings. The standard InChI is InChI=1S/C12H17NO2/c1-4-13(5-2)11-8-6-7-10(9(11)3)12(14)15/h6-8H,4-5H2,1-3H3,(H,14,15). The maximum atomic E-state index is 11.0. The molecule has 0 aliphatic heterocycles. The highest BCUT2D eigenvalue weighted by atomic mass is 16.4. The smallest absolute Gasteiger partial charge is 0.336 e. The summed E-state index contributed by atoms with van der Waals surface area (Å²) in [6.45, 7) is 7.77. The summed E-state index contributed by atoms with van der Waals surface area (Å²) in [5.41, 5.74) is 2.24. The van der Waals surface area contributed by atoms with E-state index in [-0.39, 0.29) is 0 Å². The Morgan fingerprint density at radius 1 is 1.33 bits per heavy atom. The summed E-state index contributed by atoms with van der Waals surface area (Å²) in [5, 5.41) is 9.00. The number of hydrogen-bond donors (Lipinski definition) is 1. The fraction of sp³-hybridized carbons (Fsp3) is 0.417. The van der Waals surface area contributed by atoms with E-state index in [2.05, 4.69) is 18.7 Å². The molecule has 0 aliphatic rings. The van der Waals surface area contributed by atoms with Crippen LogP contribution in [0.4, 0.5) is 5.69 Å². The highest BCUT2D eigenvalue weighted by Crippen LogP contribution is 2.22. The van der Waals surface area contributed by atoms with Crippen molar-refractivity contribution in [2.75, 3.05) is 18.0 Å². The van der Waals surface area contributed by atoms with Crippen molar-refractivity contribution in [3.05, 3.63) is 29.3 Å². The largest absolute Gasteiger partial charge is 0.478 e. The molecule has 0 saturated carbocycles. The fourth-order valence-electron chi connectivity index (χ4n) is 1.76. The molecule has 0 aliphatic carbocycles. The number of benzene rings is 1. The van der Waals surface area contributed by atoms with E-state index in [9.17, 15) is 4.79 Å². The zero-order chi connectivity index (χ0) is 11.4. The van der Waals surface area contributed by atoms with Gasteiger partial charge in [-0.25, -0.2) is 4.79 Å². The van der Waals surface area contributed by atoms with Crippen LogP contribution in [0.2, 0.25) is 0 Å². The Hall–Kier alpha value is -1.51. The summed E-state index contributed by atoms with van der Waals surface area (Å²) in [5.74, 6) is -0.860. The quantitative estimate of drug-likeness (QED) is 0.824. The molecular weight excluding hydrogens is 190 g/mol. The number of rotatable bonds is 4. The molecule has 1 rings (SSSR count). The Bertz CT molecular complexity index is 357. The zero-order valence-corrected chi connectivity index (χ0v) is 9.45. The van der Waals surface area contributed by atoms with Crippen molar-refractivity contribution in [1.82, 2.24) is 0 Å². The Labute approximate surface area is 90.3 Å². The van der Waals surface area contributed by atoms with Crippen LogP contribution in [0, 0.1) is 6.92 Å². The van der Waals surface area contributed by atoms with E-state index < -0.39 is 5.97 Å². The Balaban J connectivity index is 3.19. The van der Waals surface area contributed by atoms with Gasteiger partial charge in [-0.2, -0.15) is 0 Å². The highest BCUT2D eigenvalue weighted by Gasteiger charge is 2.12. The van der Waals surface area contributed by atoms with Crippen LogP contribution in [-0.2, 0) is 0 Å². The van der Waals surface area contributed by atoms with Gasteiger partial charge in [-0.15, -0.1) is 0 Å². The molecule has 82 valence electrons.